The lowest BCUT2D eigenvalue weighted by Gasteiger charge is -2.09. The summed E-state index contributed by atoms with van der Waals surface area (Å²) >= 11 is 0. The van der Waals surface area contributed by atoms with Crippen molar-refractivity contribution < 1.29 is 19.1 Å². The topological polar surface area (TPSA) is 82.5 Å². The summed E-state index contributed by atoms with van der Waals surface area (Å²) < 4.78 is 12.2. The van der Waals surface area contributed by atoms with Crippen LogP contribution in [0, 0.1) is 11.8 Å². The van der Waals surface area contributed by atoms with Crippen molar-refractivity contribution in [3.05, 3.63) is 42.6 Å². The summed E-state index contributed by atoms with van der Waals surface area (Å²) in [6.45, 7) is 0. The summed E-state index contributed by atoms with van der Waals surface area (Å²) in [5.74, 6) is 0.0198. The number of carbonyl (C=O) groups is 2. The van der Waals surface area contributed by atoms with Gasteiger partial charge in [0.1, 0.15) is 11.6 Å². The first-order valence-electron chi connectivity index (χ1n) is 9.01. The van der Waals surface area contributed by atoms with Gasteiger partial charge in [-0.3, -0.25) is 9.59 Å². The number of nitrogens with zero attached hydrogens (tertiary/aromatic N) is 2. The van der Waals surface area contributed by atoms with Crippen molar-refractivity contribution in [1.29, 1.82) is 0 Å². The van der Waals surface area contributed by atoms with Gasteiger partial charge in [0.05, 0.1) is 43.5 Å². The molecule has 0 spiro atoms. The molecule has 0 radical (unpaired) electrons. The van der Waals surface area contributed by atoms with Gasteiger partial charge in [0.2, 0.25) is 5.91 Å². The Morgan fingerprint density at radius 1 is 1.18 bits per heavy atom. The summed E-state index contributed by atoms with van der Waals surface area (Å²) in [5, 5.41) is 3.76. The van der Waals surface area contributed by atoms with Crippen LogP contribution in [0.15, 0.2) is 42.6 Å². The highest BCUT2D eigenvalue weighted by Crippen LogP contribution is 2.40. The number of nitrogens with one attached hydrogen (secondary N) is 1. The zero-order valence-corrected chi connectivity index (χ0v) is 15.9. The summed E-state index contributed by atoms with van der Waals surface area (Å²) in [4.78, 5) is 28.2. The Morgan fingerprint density at radius 2 is 1.96 bits per heavy atom. The van der Waals surface area contributed by atoms with Gasteiger partial charge >= 0.3 is 5.97 Å². The molecule has 2 atom stereocenters. The smallest absolute Gasteiger partial charge is 0.309 e. The Hall–Kier alpha value is -3.35. The van der Waals surface area contributed by atoms with Crippen LogP contribution in [0.5, 0.6) is 5.75 Å². The van der Waals surface area contributed by atoms with Gasteiger partial charge in [-0.1, -0.05) is 12.1 Å². The van der Waals surface area contributed by atoms with E-state index in [2.05, 4.69) is 10.3 Å². The average Bonchev–Trinajstić information content (AvgIpc) is 3.46. The van der Waals surface area contributed by atoms with Crippen LogP contribution in [0.4, 0.5) is 5.82 Å². The summed E-state index contributed by atoms with van der Waals surface area (Å²) in [6.07, 6.45) is 2.25. The van der Waals surface area contributed by atoms with Crippen LogP contribution in [0.1, 0.15) is 6.42 Å². The van der Waals surface area contributed by atoms with E-state index in [1.165, 1.54) is 7.11 Å². The van der Waals surface area contributed by atoms with E-state index in [1.807, 2.05) is 48.0 Å². The predicted octanol–water partition coefficient (Wildman–Crippen LogP) is 3.00. The second-order valence-corrected chi connectivity index (χ2v) is 6.88. The van der Waals surface area contributed by atoms with Gasteiger partial charge in [0.15, 0.2) is 0 Å². The van der Waals surface area contributed by atoms with Gasteiger partial charge in [0.25, 0.3) is 0 Å². The third-order valence-corrected chi connectivity index (χ3v) is 5.19. The van der Waals surface area contributed by atoms with E-state index < -0.39 is 0 Å². The van der Waals surface area contributed by atoms with Gasteiger partial charge in [-0.2, -0.15) is 0 Å². The molecule has 144 valence electrons. The number of hydrogen-bond acceptors (Lipinski definition) is 5. The van der Waals surface area contributed by atoms with E-state index >= 15 is 0 Å². The number of rotatable bonds is 5. The Bertz CT molecular complexity index is 1070. The van der Waals surface area contributed by atoms with Crippen molar-refractivity contribution in [2.24, 2.45) is 18.9 Å². The molecule has 7 heteroatoms. The van der Waals surface area contributed by atoms with E-state index in [9.17, 15) is 9.59 Å². The third kappa shape index (κ3) is 3.09. The highest BCUT2D eigenvalue weighted by atomic mass is 16.5. The number of esters is 1. The quantitative estimate of drug-likeness (QED) is 0.689. The van der Waals surface area contributed by atoms with Crippen LogP contribution >= 0.6 is 0 Å². The van der Waals surface area contributed by atoms with E-state index in [0.717, 1.165) is 27.9 Å². The highest BCUT2D eigenvalue weighted by Gasteiger charge is 2.49. The second-order valence-electron chi connectivity index (χ2n) is 6.88. The summed E-state index contributed by atoms with van der Waals surface area (Å²) in [7, 11) is 4.95. The molecule has 1 unspecified atom stereocenters. The maximum atomic E-state index is 12.3. The SMILES string of the molecule is COC(=O)C1C[C@H]1C(=O)Nc1cc2cc(-c3ccccc3OC)n(C)c2cn1. The van der Waals surface area contributed by atoms with Crippen molar-refractivity contribution in [3.63, 3.8) is 0 Å². The number of pyridine rings is 1. The fraction of sp³-hybridized carbons (Fsp3) is 0.286. The lowest BCUT2D eigenvalue weighted by molar-refractivity contribution is -0.143. The minimum Gasteiger partial charge on any atom is -0.496 e. The summed E-state index contributed by atoms with van der Waals surface area (Å²) in [5.41, 5.74) is 2.91. The maximum Gasteiger partial charge on any atom is 0.309 e. The molecule has 1 fully saturated rings. The molecule has 0 bridgehead atoms. The first-order chi connectivity index (χ1) is 13.5. The minimum absolute atomic E-state index is 0.205. The fourth-order valence-corrected chi connectivity index (χ4v) is 3.53. The molecule has 2 aromatic heterocycles. The van der Waals surface area contributed by atoms with Crippen molar-refractivity contribution >= 4 is 28.6 Å². The van der Waals surface area contributed by atoms with Gasteiger partial charge in [-0.25, -0.2) is 4.98 Å². The van der Waals surface area contributed by atoms with Crippen molar-refractivity contribution in [2.75, 3.05) is 19.5 Å². The molecule has 3 aromatic rings. The largest absolute Gasteiger partial charge is 0.496 e. The number of benzene rings is 1. The van der Waals surface area contributed by atoms with Crippen LogP contribution in [0.3, 0.4) is 0 Å². The number of hydrogen-bond donors (Lipinski definition) is 1. The van der Waals surface area contributed by atoms with E-state index in [0.29, 0.717) is 12.2 Å². The molecule has 4 rings (SSSR count). The highest BCUT2D eigenvalue weighted by molar-refractivity contribution is 5.99. The molecule has 1 aromatic carbocycles. The molecule has 28 heavy (non-hydrogen) atoms. The van der Waals surface area contributed by atoms with E-state index in [1.54, 1.807) is 13.3 Å². The van der Waals surface area contributed by atoms with Crippen molar-refractivity contribution in [2.45, 2.75) is 6.42 Å². The number of methoxy groups -OCH3 is 2. The number of aromatic nitrogens is 2. The van der Waals surface area contributed by atoms with Crippen molar-refractivity contribution in [3.8, 4) is 17.0 Å². The zero-order valence-electron chi connectivity index (χ0n) is 15.9. The average molecular weight is 379 g/mol. The maximum absolute atomic E-state index is 12.3. The van der Waals surface area contributed by atoms with Gasteiger partial charge in [-0.15, -0.1) is 0 Å². The number of amides is 1. The van der Waals surface area contributed by atoms with Crippen LogP contribution in [0.2, 0.25) is 0 Å². The van der Waals surface area contributed by atoms with E-state index in [-0.39, 0.29) is 23.7 Å². The van der Waals surface area contributed by atoms with E-state index in [4.69, 9.17) is 9.47 Å². The lowest BCUT2D eigenvalue weighted by Crippen LogP contribution is -2.18. The number of ether oxygens (including phenoxy) is 2. The first-order valence-corrected chi connectivity index (χ1v) is 9.01. The molecule has 7 nitrogen and oxygen atoms in total. The monoisotopic (exact) mass is 379 g/mol. The number of para-hydroxylation sites is 1. The molecular weight excluding hydrogens is 358 g/mol. The zero-order chi connectivity index (χ0) is 19.8. The molecule has 1 aliphatic carbocycles. The second kappa shape index (κ2) is 6.99. The fourth-order valence-electron chi connectivity index (χ4n) is 3.53. The molecule has 0 aliphatic heterocycles. The number of fused-ring (bicyclic) bond motifs is 1. The standard InChI is InChI=1S/C21H21N3O4/c1-24-16(13-6-4-5-7-18(13)27-2)8-12-9-19(22-11-17(12)24)23-20(25)14-10-15(14)21(26)28-3/h4-9,11,14-15H,10H2,1-3H3,(H,22,23,25)/t14-,15?/m1/s1. The summed E-state index contributed by atoms with van der Waals surface area (Å²) in [6, 6.07) is 11.7. The molecule has 1 amide bonds. The van der Waals surface area contributed by atoms with Gasteiger partial charge in [0, 0.05) is 18.0 Å². The molecule has 2 heterocycles. The Balaban J connectivity index is 1.60. The number of aryl methyl sites for hydroxylation is 1. The number of carbonyl (C=O) groups excluding carboxylic acids is 2. The predicted molar refractivity (Wildman–Crippen MR) is 105 cm³/mol. The molecule has 1 saturated carbocycles. The Morgan fingerprint density at radius 3 is 2.71 bits per heavy atom. The molecule has 0 saturated heterocycles. The van der Waals surface area contributed by atoms with Gasteiger partial charge < -0.3 is 19.4 Å². The first kappa shape index (κ1) is 18.0. The normalized spacial score (nSPS) is 18.0. The Kier molecular flexibility index (Phi) is 4.50. The van der Waals surface area contributed by atoms with Crippen LogP contribution < -0.4 is 10.1 Å². The molecular formula is C21H21N3O4. The van der Waals surface area contributed by atoms with Crippen molar-refractivity contribution in [1.82, 2.24) is 9.55 Å². The molecule has 1 aliphatic rings. The van der Waals surface area contributed by atoms with Crippen LogP contribution in [-0.2, 0) is 21.4 Å². The van der Waals surface area contributed by atoms with Crippen LogP contribution in [0.25, 0.3) is 22.2 Å². The number of anilines is 1. The Labute approximate surface area is 162 Å². The van der Waals surface area contributed by atoms with Gasteiger partial charge in [-0.05, 0) is 30.7 Å². The minimum atomic E-state index is -0.345. The molecule has 1 N–H and O–H groups in total. The van der Waals surface area contributed by atoms with Crippen LogP contribution in [-0.4, -0.2) is 35.6 Å². The lowest BCUT2D eigenvalue weighted by atomic mass is 10.1. The third-order valence-electron chi connectivity index (χ3n) is 5.19.